The van der Waals surface area contributed by atoms with E-state index in [1.54, 1.807) is 19.2 Å². The molecule has 3 aromatic rings. The van der Waals surface area contributed by atoms with Crippen LogP contribution in [0.4, 0.5) is 4.39 Å². The minimum Gasteiger partial charge on any atom is -0.497 e. The topological polar surface area (TPSA) is 69.0 Å². The lowest BCUT2D eigenvalue weighted by Crippen LogP contribution is -2.33. The molecule has 29 heavy (non-hydrogen) atoms. The molecule has 1 aromatic heterocycles. The molecule has 3 rings (SSSR count). The smallest absolute Gasteiger partial charge is 0.233 e. The standard InChI is InChI=1S/C21H23FN4O2S/c1-13(15-5-9-17(22)10-6-15)23-20(27)14(2)29-21-25-24-19(26(21)3)16-7-11-18(28-4)12-8-16/h5-14H,1-4H3,(H,23,27)/t13-,14-/m0/s1. The fraction of sp³-hybridized carbons (Fsp3) is 0.286. The Morgan fingerprint density at radius 2 is 1.76 bits per heavy atom. The second-order valence-electron chi connectivity index (χ2n) is 6.64. The molecule has 0 aliphatic rings. The highest BCUT2D eigenvalue weighted by Crippen LogP contribution is 2.27. The Morgan fingerprint density at radius 3 is 2.38 bits per heavy atom. The summed E-state index contributed by atoms with van der Waals surface area (Å²) >= 11 is 1.33. The fourth-order valence-corrected chi connectivity index (χ4v) is 3.61. The van der Waals surface area contributed by atoms with Crippen LogP contribution in [-0.2, 0) is 11.8 Å². The average molecular weight is 415 g/mol. The summed E-state index contributed by atoms with van der Waals surface area (Å²) in [4.78, 5) is 12.6. The molecule has 1 N–H and O–H groups in total. The van der Waals surface area contributed by atoms with Crippen LogP contribution >= 0.6 is 11.8 Å². The van der Waals surface area contributed by atoms with Gasteiger partial charge in [-0.05, 0) is 55.8 Å². The molecule has 0 saturated heterocycles. The highest BCUT2D eigenvalue weighted by atomic mass is 32.2. The molecule has 0 aliphatic heterocycles. The normalized spacial score (nSPS) is 13.0. The van der Waals surface area contributed by atoms with Crippen LogP contribution in [0, 0.1) is 5.82 Å². The molecule has 0 fully saturated rings. The van der Waals surface area contributed by atoms with Gasteiger partial charge in [0.1, 0.15) is 11.6 Å². The van der Waals surface area contributed by atoms with Gasteiger partial charge in [-0.25, -0.2) is 4.39 Å². The number of thioether (sulfide) groups is 1. The maximum Gasteiger partial charge on any atom is 0.233 e. The van der Waals surface area contributed by atoms with Crippen molar-refractivity contribution in [3.05, 3.63) is 59.9 Å². The number of benzene rings is 2. The Kier molecular flexibility index (Phi) is 6.53. The van der Waals surface area contributed by atoms with Crippen LogP contribution in [-0.4, -0.2) is 33.0 Å². The first kappa shape index (κ1) is 20.9. The number of nitrogens with one attached hydrogen (secondary N) is 1. The van der Waals surface area contributed by atoms with Crippen LogP contribution in [0.2, 0.25) is 0 Å². The van der Waals surface area contributed by atoms with Crippen molar-refractivity contribution in [2.75, 3.05) is 7.11 Å². The minimum absolute atomic E-state index is 0.124. The van der Waals surface area contributed by atoms with Crippen LogP contribution in [0.15, 0.2) is 53.7 Å². The van der Waals surface area contributed by atoms with Crippen molar-refractivity contribution >= 4 is 17.7 Å². The number of rotatable bonds is 7. The molecule has 0 radical (unpaired) electrons. The van der Waals surface area contributed by atoms with Gasteiger partial charge in [-0.15, -0.1) is 10.2 Å². The largest absolute Gasteiger partial charge is 0.497 e. The molecule has 2 aromatic carbocycles. The van der Waals surface area contributed by atoms with Crippen LogP contribution in [0.3, 0.4) is 0 Å². The van der Waals surface area contributed by atoms with E-state index in [1.165, 1.54) is 23.9 Å². The molecular weight excluding hydrogens is 391 g/mol. The van der Waals surface area contributed by atoms with E-state index in [0.29, 0.717) is 11.0 Å². The molecule has 6 nitrogen and oxygen atoms in total. The number of carbonyl (C=O) groups is 1. The van der Waals surface area contributed by atoms with Crippen LogP contribution < -0.4 is 10.1 Å². The third-order valence-corrected chi connectivity index (χ3v) is 5.70. The SMILES string of the molecule is COc1ccc(-c2nnc(S[C@@H](C)C(=O)N[C@@H](C)c3ccc(F)cc3)n2C)cc1. The molecule has 8 heteroatoms. The summed E-state index contributed by atoms with van der Waals surface area (Å²) in [7, 11) is 3.49. The number of amides is 1. The fourth-order valence-electron chi connectivity index (χ4n) is 2.79. The van der Waals surface area contributed by atoms with E-state index >= 15 is 0 Å². The van der Waals surface area contributed by atoms with Crippen LogP contribution in [0.25, 0.3) is 11.4 Å². The zero-order valence-electron chi connectivity index (χ0n) is 16.7. The van der Waals surface area contributed by atoms with Crippen molar-refractivity contribution in [2.24, 2.45) is 7.05 Å². The summed E-state index contributed by atoms with van der Waals surface area (Å²) in [5.41, 5.74) is 1.76. The number of nitrogens with zero attached hydrogens (tertiary/aromatic N) is 3. The van der Waals surface area contributed by atoms with Gasteiger partial charge >= 0.3 is 0 Å². The Hall–Kier alpha value is -2.87. The molecule has 0 saturated carbocycles. The van der Waals surface area contributed by atoms with E-state index in [4.69, 9.17) is 4.74 Å². The number of hydrogen-bond acceptors (Lipinski definition) is 5. The first-order chi connectivity index (χ1) is 13.9. The van der Waals surface area contributed by atoms with Gasteiger partial charge in [0.25, 0.3) is 0 Å². The highest BCUT2D eigenvalue weighted by Gasteiger charge is 2.21. The summed E-state index contributed by atoms with van der Waals surface area (Å²) in [6, 6.07) is 13.4. The van der Waals surface area contributed by atoms with Crippen molar-refractivity contribution in [3.63, 3.8) is 0 Å². The Morgan fingerprint density at radius 1 is 1.10 bits per heavy atom. The summed E-state index contributed by atoms with van der Waals surface area (Å²) in [6.45, 7) is 3.69. The Balaban J connectivity index is 1.65. The first-order valence-electron chi connectivity index (χ1n) is 9.15. The third-order valence-electron chi connectivity index (χ3n) is 4.56. The first-order valence-corrected chi connectivity index (χ1v) is 10.0. The molecular formula is C21H23FN4O2S. The zero-order chi connectivity index (χ0) is 21.0. The Labute approximate surface area is 173 Å². The molecule has 2 atom stereocenters. The summed E-state index contributed by atoms with van der Waals surface area (Å²) in [5, 5.41) is 11.7. The van der Waals surface area contributed by atoms with Crippen molar-refractivity contribution in [1.82, 2.24) is 20.1 Å². The predicted molar refractivity (Wildman–Crippen MR) is 111 cm³/mol. The van der Waals surface area contributed by atoms with E-state index in [0.717, 1.165) is 16.9 Å². The molecule has 0 unspecified atom stereocenters. The van der Waals surface area contributed by atoms with Gasteiger partial charge in [-0.1, -0.05) is 23.9 Å². The van der Waals surface area contributed by atoms with E-state index in [9.17, 15) is 9.18 Å². The van der Waals surface area contributed by atoms with Gasteiger partial charge in [0.15, 0.2) is 11.0 Å². The molecule has 1 amide bonds. The van der Waals surface area contributed by atoms with Gasteiger partial charge in [-0.3, -0.25) is 4.79 Å². The number of methoxy groups -OCH3 is 1. The molecule has 0 aliphatic carbocycles. The third kappa shape index (κ3) is 4.95. The van der Waals surface area contributed by atoms with Gasteiger partial charge in [0.2, 0.25) is 5.91 Å². The van der Waals surface area contributed by atoms with E-state index < -0.39 is 0 Å². The van der Waals surface area contributed by atoms with Gasteiger partial charge in [0.05, 0.1) is 18.4 Å². The van der Waals surface area contributed by atoms with Crippen molar-refractivity contribution in [3.8, 4) is 17.1 Å². The maximum absolute atomic E-state index is 13.1. The zero-order valence-corrected chi connectivity index (χ0v) is 17.5. The highest BCUT2D eigenvalue weighted by molar-refractivity contribution is 8.00. The number of hydrogen-bond donors (Lipinski definition) is 1. The summed E-state index contributed by atoms with van der Waals surface area (Å²) in [5.74, 6) is 1.06. The Bertz CT molecular complexity index is 973. The van der Waals surface area contributed by atoms with Crippen LogP contribution in [0.1, 0.15) is 25.5 Å². The molecule has 152 valence electrons. The van der Waals surface area contributed by atoms with Gasteiger partial charge < -0.3 is 14.6 Å². The summed E-state index contributed by atoms with van der Waals surface area (Å²) in [6.07, 6.45) is 0. The second kappa shape index (κ2) is 9.09. The van der Waals surface area contributed by atoms with Crippen LogP contribution in [0.5, 0.6) is 5.75 Å². The lowest BCUT2D eigenvalue weighted by molar-refractivity contribution is -0.120. The minimum atomic E-state index is -0.371. The number of carbonyl (C=O) groups excluding carboxylic acids is 1. The average Bonchev–Trinajstić information content (AvgIpc) is 3.08. The monoisotopic (exact) mass is 414 g/mol. The summed E-state index contributed by atoms with van der Waals surface area (Å²) < 4.78 is 20.1. The van der Waals surface area contributed by atoms with E-state index in [1.807, 2.05) is 49.7 Å². The molecule has 1 heterocycles. The second-order valence-corrected chi connectivity index (χ2v) is 7.94. The molecule has 0 bridgehead atoms. The quantitative estimate of drug-likeness (QED) is 0.592. The maximum atomic E-state index is 13.1. The molecule has 0 spiro atoms. The predicted octanol–water partition coefficient (Wildman–Crippen LogP) is 3.99. The van der Waals surface area contributed by atoms with Gasteiger partial charge in [-0.2, -0.15) is 0 Å². The van der Waals surface area contributed by atoms with Crippen molar-refractivity contribution < 1.29 is 13.9 Å². The van der Waals surface area contributed by atoms with E-state index in [2.05, 4.69) is 15.5 Å². The lowest BCUT2D eigenvalue weighted by atomic mass is 10.1. The number of ether oxygens (including phenoxy) is 1. The van der Waals surface area contributed by atoms with E-state index in [-0.39, 0.29) is 23.0 Å². The lowest BCUT2D eigenvalue weighted by Gasteiger charge is -2.17. The number of aromatic nitrogens is 3. The van der Waals surface area contributed by atoms with Gasteiger partial charge in [0, 0.05) is 12.6 Å². The van der Waals surface area contributed by atoms with Crippen molar-refractivity contribution in [1.29, 1.82) is 0 Å². The van der Waals surface area contributed by atoms with Crippen molar-refractivity contribution in [2.45, 2.75) is 30.3 Å². The number of halogens is 1.